The third-order valence-corrected chi connectivity index (χ3v) is 8.31. The first-order valence-corrected chi connectivity index (χ1v) is 11.0. The van der Waals surface area contributed by atoms with Crippen molar-refractivity contribution in [2.24, 2.45) is 5.92 Å². The summed E-state index contributed by atoms with van der Waals surface area (Å²) in [6, 6.07) is 15.0. The van der Waals surface area contributed by atoms with Crippen molar-refractivity contribution in [2.75, 3.05) is 13.7 Å². The molecule has 1 saturated heterocycles. The molecule has 5 heteroatoms. The van der Waals surface area contributed by atoms with Gasteiger partial charge < -0.3 is 9.47 Å². The van der Waals surface area contributed by atoms with Gasteiger partial charge in [-0.2, -0.15) is 0 Å². The molecule has 2 fully saturated rings. The first kappa shape index (κ1) is 18.6. The van der Waals surface area contributed by atoms with E-state index in [-0.39, 0.29) is 24.4 Å². The Balaban J connectivity index is 1.49. The zero-order valence-electron chi connectivity index (χ0n) is 17.4. The third kappa shape index (κ3) is 2.22. The van der Waals surface area contributed by atoms with Gasteiger partial charge in [0.15, 0.2) is 17.6 Å². The Morgan fingerprint density at radius 2 is 1.93 bits per heavy atom. The van der Waals surface area contributed by atoms with E-state index in [1.807, 2.05) is 12.1 Å². The molecule has 0 radical (unpaired) electrons. The highest BCUT2D eigenvalue weighted by atomic mass is 19.3. The molecule has 2 heterocycles. The number of hydrogen-bond donors (Lipinski definition) is 0. The lowest BCUT2D eigenvalue weighted by atomic mass is 9.51. The van der Waals surface area contributed by atoms with Crippen molar-refractivity contribution in [1.82, 2.24) is 4.90 Å². The van der Waals surface area contributed by atoms with Crippen LogP contribution in [0.1, 0.15) is 48.9 Å². The molecule has 6 rings (SSSR count). The van der Waals surface area contributed by atoms with Crippen molar-refractivity contribution in [3.8, 4) is 11.5 Å². The Morgan fingerprint density at radius 1 is 1.13 bits per heavy atom. The van der Waals surface area contributed by atoms with Gasteiger partial charge in [0.25, 0.3) is 5.92 Å². The minimum absolute atomic E-state index is 0.0974. The lowest BCUT2D eigenvalue weighted by Crippen LogP contribution is -2.68. The zero-order valence-corrected chi connectivity index (χ0v) is 17.4. The molecule has 1 saturated carbocycles. The summed E-state index contributed by atoms with van der Waals surface area (Å²) in [5, 5.41) is 0. The molecular formula is C25H27F2NO2. The number of nitrogens with zero attached hydrogens (tertiary/aromatic N) is 1. The minimum atomic E-state index is -2.81. The van der Waals surface area contributed by atoms with Crippen LogP contribution in [-0.2, 0) is 11.8 Å². The maximum absolute atomic E-state index is 15.2. The number of halogens is 2. The quantitative estimate of drug-likeness (QED) is 0.699. The second-order valence-electron chi connectivity index (χ2n) is 9.42. The van der Waals surface area contributed by atoms with Gasteiger partial charge in [0.2, 0.25) is 0 Å². The van der Waals surface area contributed by atoms with E-state index < -0.39 is 17.4 Å². The third-order valence-electron chi connectivity index (χ3n) is 8.31. The number of hydrogen-bond acceptors (Lipinski definition) is 3. The van der Waals surface area contributed by atoms with Crippen LogP contribution in [0.5, 0.6) is 11.5 Å². The Labute approximate surface area is 176 Å². The number of likely N-dealkylation sites (tertiary alicyclic amines) is 1. The second kappa shape index (κ2) is 6.19. The molecule has 0 N–H and O–H groups in total. The van der Waals surface area contributed by atoms with Gasteiger partial charge in [0, 0.05) is 36.0 Å². The summed E-state index contributed by atoms with van der Waals surface area (Å²) in [6.45, 7) is 3.06. The summed E-state index contributed by atoms with van der Waals surface area (Å²) in [5.41, 5.74) is 2.88. The number of ether oxygens (including phenoxy) is 2. The molecule has 4 aliphatic rings. The van der Waals surface area contributed by atoms with E-state index in [1.165, 1.54) is 5.56 Å². The van der Waals surface area contributed by atoms with Crippen LogP contribution in [0.4, 0.5) is 8.78 Å². The van der Waals surface area contributed by atoms with Gasteiger partial charge in [0.05, 0.1) is 7.11 Å². The van der Waals surface area contributed by atoms with Crippen LogP contribution in [0.2, 0.25) is 0 Å². The first-order valence-electron chi connectivity index (χ1n) is 11.0. The molecule has 30 heavy (non-hydrogen) atoms. The van der Waals surface area contributed by atoms with Gasteiger partial charge in [-0.25, -0.2) is 8.78 Å². The highest BCUT2D eigenvalue weighted by molar-refractivity contribution is 5.61. The van der Waals surface area contributed by atoms with Gasteiger partial charge in [-0.3, -0.25) is 4.90 Å². The fourth-order valence-electron chi connectivity index (χ4n) is 7.07. The second-order valence-corrected chi connectivity index (χ2v) is 9.42. The summed E-state index contributed by atoms with van der Waals surface area (Å²) in [5.74, 6) is -1.46. The molecule has 5 atom stereocenters. The average Bonchev–Trinajstić information content (AvgIpc) is 3.11. The highest BCUT2D eigenvalue weighted by Crippen LogP contribution is 2.66. The van der Waals surface area contributed by atoms with Gasteiger partial charge in [-0.1, -0.05) is 36.4 Å². The Kier molecular flexibility index (Phi) is 3.84. The SMILES string of the molecule is COc1ccc2c3c1O[C@H]1C(F)(F)CC[C@H]4[C@@H](C2)N(C(C)c2ccccc2)CC[C@@]341. The molecule has 2 aromatic rings. The summed E-state index contributed by atoms with van der Waals surface area (Å²) in [7, 11) is 1.59. The fraction of sp³-hybridized carbons (Fsp3) is 0.520. The maximum Gasteiger partial charge on any atom is 0.285 e. The number of methoxy groups -OCH3 is 1. The standard InChI is InChI=1S/C25H27F2NO2/c1-15(16-6-4-3-5-7-16)28-13-12-24-18-10-11-25(26,27)23(24)30-22-20(29-2)9-8-17(21(22)24)14-19(18)28/h3-9,15,18-19,23H,10-14H2,1-2H3/t15?,18-,19+,23+,24-/m0/s1. The average molecular weight is 411 g/mol. The van der Waals surface area contributed by atoms with Gasteiger partial charge in [0.1, 0.15) is 0 Å². The molecule has 158 valence electrons. The smallest absolute Gasteiger partial charge is 0.285 e. The van der Waals surface area contributed by atoms with Crippen molar-refractivity contribution in [1.29, 1.82) is 0 Å². The van der Waals surface area contributed by atoms with E-state index in [4.69, 9.17) is 9.47 Å². The van der Waals surface area contributed by atoms with Crippen LogP contribution < -0.4 is 9.47 Å². The molecule has 1 unspecified atom stereocenters. The fourth-order valence-corrected chi connectivity index (χ4v) is 7.07. The van der Waals surface area contributed by atoms with E-state index in [0.717, 1.165) is 24.1 Å². The summed E-state index contributed by atoms with van der Waals surface area (Å²) < 4.78 is 42.0. The van der Waals surface area contributed by atoms with Crippen molar-refractivity contribution in [2.45, 2.75) is 62.1 Å². The van der Waals surface area contributed by atoms with Crippen LogP contribution in [0.3, 0.4) is 0 Å². The van der Waals surface area contributed by atoms with Gasteiger partial charge in [-0.05, 0) is 49.3 Å². The molecule has 0 amide bonds. The van der Waals surface area contributed by atoms with Crippen LogP contribution in [0.25, 0.3) is 0 Å². The van der Waals surface area contributed by atoms with E-state index >= 15 is 8.78 Å². The largest absolute Gasteiger partial charge is 0.493 e. The van der Waals surface area contributed by atoms with Crippen molar-refractivity contribution < 1.29 is 18.3 Å². The normalized spacial score (nSPS) is 34.1. The monoisotopic (exact) mass is 411 g/mol. The number of benzene rings is 2. The molecule has 0 aromatic heterocycles. The molecule has 3 nitrogen and oxygen atoms in total. The number of rotatable bonds is 3. The predicted molar refractivity (Wildman–Crippen MR) is 110 cm³/mol. The van der Waals surface area contributed by atoms with Crippen molar-refractivity contribution in [3.05, 3.63) is 59.2 Å². The van der Waals surface area contributed by atoms with E-state index in [1.54, 1.807) is 7.11 Å². The molecular weight excluding hydrogens is 384 g/mol. The lowest BCUT2D eigenvalue weighted by Gasteiger charge is -2.60. The molecule has 1 spiro atoms. The first-order chi connectivity index (χ1) is 14.5. The predicted octanol–water partition coefficient (Wildman–Crippen LogP) is 5.13. The van der Waals surface area contributed by atoms with E-state index in [0.29, 0.717) is 24.3 Å². The van der Waals surface area contributed by atoms with Crippen LogP contribution in [-0.4, -0.2) is 36.6 Å². The van der Waals surface area contributed by atoms with Crippen molar-refractivity contribution in [3.63, 3.8) is 0 Å². The summed E-state index contributed by atoms with van der Waals surface area (Å²) in [6.07, 6.45) is 0.965. The Hall–Kier alpha value is -2.14. The van der Waals surface area contributed by atoms with Crippen LogP contribution in [0, 0.1) is 5.92 Å². The lowest BCUT2D eigenvalue weighted by molar-refractivity contribution is -0.184. The highest BCUT2D eigenvalue weighted by Gasteiger charge is 2.71. The van der Waals surface area contributed by atoms with Gasteiger partial charge >= 0.3 is 0 Å². The molecule has 2 aliphatic heterocycles. The Bertz CT molecular complexity index is 994. The molecule has 2 aromatic carbocycles. The van der Waals surface area contributed by atoms with Crippen LogP contribution >= 0.6 is 0 Å². The molecule has 2 bridgehead atoms. The maximum atomic E-state index is 15.2. The number of piperidine rings is 1. The van der Waals surface area contributed by atoms with Crippen LogP contribution in [0.15, 0.2) is 42.5 Å². The summed E-state index contributed by atoms with van der Waals surface area (Å²) in [4.78, 5) is 2.57. The molecule has 2 aliphatic carbocycles. The topological polar surface area (TPSA) is 21.7 Å². The van der Waals surface area contributed by atoms with E-state index in [2.05, 4.69) is 42.2 Å². The zero-order chi connectivity index (χ0) is 20.7. The number of alkyl halides is 2. The Morgan fingerprint density at radius 3 is 2.70 bits per heavy atom. The summed E-state index contributed by atoms with van der Waals surface area (Å²) >= 11 is 0. The van der Waals surface area contributed by atoms with Crippen molar-refractivity contribution >= 4 is 0 Å². The van der Waals surface area contributed by atoms with E-state index in [9.17, 15) is 0 Å². The van der Waals surface area contributed by atoms with Gasteiger partial charge in [-0.15, -0.1) is 0 Å². The minimum Gasteiger partial charge on any atom is -0.493 e.